The second-order valence-electron chi connectivity index (χ2n) is 11.8. The molecule has 4 fully saturated rings. The molecular weight excluding hydrogens is 438 g/mol. The van der Waals surface area contributed by atoms with Crippen LogP contribution in [-0.4, -0.2) is 64.5 Å². The molecule has 6 aliphatic rings. The van der Waals surface area contributed by atoms with Crippen molar-refractivity contribution in [3.63, 3.8) is 0 Å². The number of aliphatic hydroxyl groups is 1. The Bertz CT molecular complexity index is 1010. The van der Waals surface area contributed by atoms with Gasteiger partial charge in [0.2, 0.25) is 0 Å². The molecule has 9 atom stereocenters. The summed E-state index contributed by atoms with van der Waals surface area (Å²) in [5.74, 6) is -2.30. The van der Waals surface area contributed by atoms with Gasteiger partial charge in [0, 0.05) is 38.3 Å². The van der Waals surface area contributed by atoms with Crippen LogP contribution in [0.4, 0.5) is 0 Å². The number of carbonyl (C=O) groups is 3. The molecule has 2 heterocycles. The molecule has 2 aliphatic heterocycles. The monoisotopic (exact) mass is 473 g/mol. The van der Waals surface area contributed by atoms with Crippen LogP contribution < -0.4 is 0 Å². The van der Waals surface area contributed by atoms with Crippen LogP contribution in [0, 0.1) is 40.4 Å². The minimum atomic E-state index is -1.24. The summed E-state index contributed by atoms with van der Waals surface area (Å²) in [5, 5.41) is 23.2. The van der Waals surface area contributed by atoms with Crippen LogP contribution in [0.5, 0.6) is 0 Å². The van der Waals surface area contributed by atoms with Gasteiger partial charge in [-0.25, -0.2) is 0 Å². The number of piperidine rings is 1. The predicted molar refractivity (Wildman–Crippen MR) is 119 cm³/mol. The number of hydrogen-bond acceptors (Lipinski definition) is 7. The average Bonchev–Trinajstić information content (AvgIpc) is 3.37. The third kappa shape index (κ3) is 2.39. The third-order valence-corrected chi connectivity index (χ3v) is 10.7. The van der Waals surface area contributed by atoms with Gasteiger partial charge in [-0.15, -0.1) is 0 Å². The highest BCUT2D eigenvalue weighted by atomic mass is 16.6. The maximum absolute atomic E-state index is 12.9. The zero-order valence-corrected chi connectivity index (χ0v) is 20.2. The molecule has 2 saturated heterocycles. The number of rotatable bonds is 4. The first-order valence-electron chi connectivity index (χ1n) is 12.8. The molecule has 0 aromatic rings. The van der Waals surface area contributed by atoms with Gasteiger partial charge in [-0.05, 0) is 56.3 Å². The molecule has 2 N–H and O–H groups in total. The SMILES string of the molecule is CC(=O)OCC12C3CCC4=C5C(CC4)C(C(=O)O)CC51C1(O)C(CC2OC(C)=O)C(C)CN1C3. The highest BCUT2D eigenvalue weighted by Gasteiger charge is 2.84. The van der Waals surface area contributed by atoms with E-state index < -0.39 is 40.5 Å². The largest absolute Gasteiger partial charge is 0.481 e. The van der Waals surface area contributed by atoms with Crippen LogP contribution in [0.3, 0.4) is 0 Å². The summed E-state index contributed by atoms with van der Waals surface area (Å²) >= 11 is 0. The fourth-order valence-corrected chi connectivity index (χ4v) is 9.93. The first kappa shape index (κ1) is 22.5. The fourth-order valence-electron chi connectivity index (χ4n) is 9.93. The van der Waals surface area contributed by atoms with Crippen molar-refractivity contribution in [2.75, 3.05) is 19.7 Å². The molecule has 0 aromatic carbocycles. The Labute approximate surface area is 199 Å². The van der Waals surface area contributed by atoms with Crippen molar-refractivity contribution in [3.8, 4) is 0 Å². The van der Waals surface area contributed by atoms with E-state index in [2.05, 4.69) is 11.8 Å². The summed E-state index contributed by atoms with van der Waals surface area (Å²) in [7, 11) is 0. The molecule has 34 heavy (non-hydrogen) atoms. The zero-order chi connectivity index (χ0) is 24.2. The molecule has 6 rings (SSSR count). The van der Waals surface area contributed by atoms with E-state index in [-0.39, 0.29) is 36.2 Å². The summed E-state index contributed by atoms with van der Waals surface area (Å²) in [6, 6.07) is 0. The van der Waals surface area contributed by atoms with Crippen LogP contribution >= 0.6 is 0 Å². The smallest absolute Gasteiger partial charge is 0.307 e. The Morgan fingerprint density at radius 1 is 1.12 bits per heavy atom. The topological polar surface area (TPSA) is 113 Å². The second kappa shape index (κ2) is 7.06. The van der Waals surface area contributed by atoms with Gasteiger partial charge in [0.15, 0.2) is 0 Å². The lowest BCUT2D eigenvalue weighted by atomic mass is 9.41. The van der Waals surface area contributed by atoms with E-state index in [9.17, 15) is 24.6 Å². The van der Waals surface area contributed by atoms with E-state index >= 15 is 0 Å². The average molecular weight is 474 g/mol. The quantitative estimate of drug-likeness (QED) is 0.473. The van der Waals surface area contributed by atoms with Crippen molar-refractivity contribution in [2.45, 2.75) is 71.1 Å². The molecule has 186 valence electrons. The molecule has 9 unspecified atom stereocenters. The molecule has 1 spiro atoms. The highest BCUT2D eigenvalue weighted by Crippen LogP contribution is 2.79. The Balaban J connectivity index is 1.68. The summed E-state index contributed by atoms with van der Waals surface area (Å²) in [5.41, 5.74) is -0.599. The molecular formula is C26H35NO7. The molecule has 8 heteroatoms. The normalized spacial score (nSPS) is 48.4. The lowest BCUT2D eigenvalue weighted by Gasteiger charge is -2.70. The van der Waals surface area contributed by atoms with Crippen molar-refractivity contribution in [1.82, 2.24) is 4.90 Å². The summed E-state index contributed by atoms with van der Waals surface area (Å²) in [4.78, 5) is 39.4. The van der Waals surface area contributed by atoms with Crippen LogP contribution in [0.15, 0.2) is 11.1 Å². The fraction of sp³-hybridized carbons (Fsp3) is 0.808. The summed E-state index contributed by atoms with van der Waals surface area (Å²) in [6.07, 6.45) is 3.63. The van der Waals surface area contributed by atoms with E-state index in [4.69, 9.17) is 9.47 Å². The predicted octanol–water partition coefficient (Wildman–Crippen LogP) is 2.35. The number of carboxylic acids is 1. The van der Waals surface area contributed by atoms with Crippen LogP contribution in [0.1, 0.15) is 59.3 Å². The first-order valence-corrected chi connectivity index (χ1v) is 12.8. The Morgan fingerprint density at radius 2 is 1.85 bits per heavy atom. The van der Waals surface area contributed by atoms with Crippen LogP contribution in [0.2, 0.25) is 0 Å². The van der Waals surface area contributed by atoms with Gasteiger partial charge in [0.1, 0.15) is 18.4 Å². The van der Waals surface area contributed by atoms with Crippen molar-refractivity contribution in [3.05, 3.63) is 11.1 Å². The number of aliphatic carboxylic acids is 1. The molecule has 0 amide bonds. The molecule has 4 aliphatic carbocycles. The number of ether oxygens (including phenoxy) is 2. The van der Waals surface area contributed by atoms with Crippen molar-refractivity contribution in [2.24, 2.45) is 40.4 Å². The Kier molecular flexibility index (Phi) is 4.68. The van der Waals surface area contributed by atoms with E-state index in [1.165, 1.54) is 19.4 Å². The van der Waals surface area contributed by atoms with Gasteiger partial charge in [-0.1, -0.05) is 18.1 Å². The minimum absolute atomic E-state index is 0.0153. The highest BCUT2D eigenvalue weighted by molar-refractivity contribution is 5.74. The second-order valence-corrected chi connectivity index (χ2v) is 11.8. The number of esters is 2. The standard InChI is InChI=1S/C26H35NO7/c1-13-10-27-11-17-6-4-16-5-7-18-19(23(30)31)9-25(22(16)18)24(17,12-33-14(2)28)21(34-15(3)29)8-20(13)26(25,27)32/h13,17-21,32H,4-12H2,1-3H3,(H,30,31). The number of allylic oxidation sites excluding steroid dienone is 1. The maximum atomic E-state index is 12.9. The maximum Gasteiger partial charge on any atom is 0.307 e. The summed E-state index contributed by atoms with van der Waals surface area (Å²) in [6.45, 7) is 6.35. The van der Waals surface area contributed by atoms with Gasteiger partial charge in [0.05, 0.1) is 11.3 Å². The van der Waals surface area contributed by atoms with E-state index in [1.807, 2.05) is 0 Å². The molecule has 0 aromatic heterocycles. The third-order valence-electron chi connectivity index (χ3n) is 10.7. The molecule has 4 bridgehead atoms. The van der Waals surface area contributed by atoms with Crippen LogP contribution in [-0.2, 0) is 23.9 Å². The van der Waals surface area contributed by atoms with Gasteiger partial charge in [-0.3, -0.25) is 19.3 Å². The van der Waals surface area contributed by atoms with Gasteiger partial charge in [0.25, 0.3) is 0 Å². The number of carboxylic acid groups (broad SMARTS) is 1. The van der Waals surface area contributed by atoms with Crippen molar-refractivity contribution < 1.29 is 34.1 Å². The number of carbonyl (C=O) groups excluding carboxylic acids is 2. The van der Waals surface area contributed by atoms with E-state index in [0.717, 1.165) is 37.8 Å². The van der Waals surface area contributed by atoms with Gasteiger partial charge >= 0.3 is 17.9 Å². The van der Waals surface area contributed by atoms with E-state index in [1.54, 1.807) is 0 Å². The van der Waals surface area contributed by atoms with E-state index in [0.29, 0.717) is 19.4 Å². The Morgan fingerprint density at radius 3 is 2.53 bits per heavy atom. The molecule has 8 nitrogen and oxygen atoms in total. The first-order chi connectivity index (χ1) is 16.1. The van der Waals surface area contributed by atoms with Crippen LogP contribution in [0.25, 0.3) is 0 Å². The zero-order valence-electron chi connectivity index (χ0n) is 20.2. The summed E-state index contributed by atoms with van der Waals surface area (Å²) < 4.78 is 11.9. The number of nitrogens with zero attached hydrogens (tertiary/aromatic N) is 1. The lowest BCUT2D eigenvalue weighted by molar-refractivity contribution is -0.334. The minimum Gasteiger partial charge on any atom is -0.481 e. The van der Waals surface area contributed by atoms with Crippen molar-refractivity contribution in [1.29, 1.82) is 0 Å². The lowest BCUT2D eigenvalue weighted by Crippen LogP contribution is -2.79. The molecule has 2 saturated carbocycles. The molecule has 0 radical (unpaired) electrons. The van der Waals surface area contributed by atoms with Gasteiger partial charge in [-0.2, -0.15) is 0 Å². The van der Waals surface area contributed by atoms with Gasteiger partial charge < -0.3 is 19.7 Å². The number of hydrogen-bond donors (Lipinski definition) is 2. The van der Waals surface area contributed by atoms with Crippen molar-refractivity contribution >= 4 is 17.9 Å². The Hall–Kier alpha value is -1.93.